The summed E-state index contributed by atoms with van der Waals surface area (Å²) < 4.78 is 7.79. The Morgan fingerprint density at radius 2 is 2.03 bits per heavy atom. The maximum atomic E-state index is 12.9. The molecule has 1 saturated heterocycles. The number of benzene rings is 1. The van der Waals surface area contributed by atoms with Crippen LogP contribution in [-0.4, -0.2) is 63.7 Å². The fourth-order valence-corrected chi connectivity index (χ4v) is 4.23. The number of imidazole rings is 1. The van der Waals surface area contributed by atoms with E-state index in [1.807, 2.05) is 0 Å². The van der Waals surface area contributed by atoms with E-state index in [2.05, 4.69) is 9.97 Å². The van der Waals surface area contributed by atoms with Gasteiger partial charge in [-0.3, -0.25) is 19.5 Å². The van der Waals surface area contributed by atoms with Crippen molar-refractivity contribution in [1.29, 1.82) is 0 Å². The zero-order valence-electron chi connectivity index (χ0n) is 15.8. The van der Waals surface area contributed by atoms with Gasteiger partial charge in [-0.15, -0.1) is 0 Å². The number of fused-ring (bicyclic) bond motifs is 1. The van der Waals surface area contributed by atoms with Crippen LogP contribution in [-0.2, 0) is 10.5 Å². The van der Waals surface area contributed by atoms with E-state index in [0.29, 0.717) is 5.56 Å². The fraction of sp³-hybridized carbons (Fsp3) is 0.353. The summed E-state index contributed by atoms with van der Waals surface area (Å²) in [4.78, 5) is 31.8. The van der Waals surface area contributed by atoms with Crippen LogP contribution in [0.1, 0.15) is 11.8 Å². The van der Waals surface area contributed by atoms with Crippen molar-refractivity contribution in [3.05, 3.63) is 56.6 Å². The molecule has 0 aliphatic carbocycles. The number of nitrogen functional groups attached to an aromatic ring is 1. The molecule has 0 bridgehead atoms. The Morgan fingerprint density at radius 1 is 1.29 bits per heavy atom. The van der Waals surface area contributed by atoms with Gasteiger partial charge in [-0.1, -0.05) is 18.2 Å². The predicted molar refractivity (Wildman–Crippen MR) is 109 cm³/mol. The largest absolute Gasteiger partial charge is 0.394 e. The number of nitro groups is 1. The van der Waals surface area contributed by atoms with Gasteiger partial charge >= 0.3 is 0 Å². The van der Waals surface area contributed by atoms with E-state index in [-0.39, 0.29) is 28.6 Å². The molecule has 5 N–H and O–H groups in total. The lowest BCUT2D eigenvalue weighted by Crippen LogP contribution is -2.33. The molecular formula is C17H18N6O7S. The van der Waals surface area contributed by atoms with E-state index < -0.39 is 41.6 Å². The number of rotatable bonds is 6. The van der Waals surface area contributed by atoms with Crippen molar-refractivity contribution in [3.63, 3.8) is 0 Å². The third-order valence-electron chi connectivity index (χ3n) is 4.91. The average Bonchev–Trinajstić information content (AvgIpc) is 3.29. The zero-order chi connectivity index (χ0) is 22.3. The summed E-state index contributed by atoms with van der Waals surface area (Å²) in [6.45, 7) is -0.508. The summed E-state index contributed by atoms with van der Waals surface area (Å²) in [7, 11) is 0. The molecule has 1 fully saturated rings. The third-order valence-corrected chi connectivity index (χ3v) is 5.96. The van der Waals surface area contributed by atoms with Crippen LogP contribution >= 0.6 is 11.9 Å². The molecule has 4 atom stereocenters. The van der Waals surface area contributed by atoms with Crippen LogP contribution < -0.4 is 11.3 Å². The Bertz CT molecular complexity index is 1200. The fourth-order valence-electron chi connectivity index (χ4n) is 3.34. The first kappa shape index (κ1) is 21.2. The predicted octanol–water partition coefficient (Wildman–Crippen LogP) is -0.609. The molecular weight excluding hydrogens is 432 g/mol. The highest BCUT2D eigenvalue weighted by Crippen LogP contribution is 2.31. The van der Waals surface area contributed by atoms with Crippen LogP contribution in [0.15, 0.2) is 35.4 Å². The van der Waals surface area contributed by atoms with Crippen LogP contribution in [0.2, 0.25) is 0 Å². The molecule has 1 aliphatic heterocycles. The number of aromatic nitrogens is 4. The normalized spacial score (nSPS) is 23.5. The number of para-hydroxylation sites is 1. The van der Waals surface area contributed by atoms with E-state index in [0.717, 1.165) is 15.9 Å². The van der Waals surface area contributed by atoms with Crippen molar-refractivity contribution in [1.82, 2.24) is 18.5 Å². The van der Waals surface area contributed by atoms with E-state index in [4.69, 9.17) is 10.5 Å². The first-order valence-corrected chi connectivity index (χ1v) is 10.0. The SMILES string of the molecule is Nc1nc2c(ncn2C2OC(CO)C(O)C2O)c(=O)n1SCc1ccccc1[N+](=O)[O-]. The number of aliphatic hydroxyl groups excluding tert-OH is 3. The molecule has 1 aliphatic rings. The molecule has 0 amide bonds. The number of anilines is 1. The number of nitrogens with zero attached hydrogens (tertiary/aromatic N) is 5. The molecule has 13 nitrogen and oxygen atoms in total. The number of nitro benzene ring substituents is 1. The highest BCUT2D eigenvalue weighted by Gasteiger charge is 2.44. The Labute approximate surface area is 178 Å². The summed E-state index contributed by atoms with van der Waals surface area (Å²) >= 11 is 0.929. The lowest BCUT2D eigenvalue weighted by molar-refractivity contribution is -0.385. The molecule has 0 saturated carbocycles. The van der Waals surface area contributed by atoms with Gasteiger partial charge in [0.05, 0.1) is 17.9 Å². The van der Waals surface area contributed by atoms with Gasteiger partial charge in [-0.05, 0) is 11.9 Å². The minimum atomic E-state index is -1.38. The van der Waals surface area contributed by atoms with E-state index >= 15 is 0 Å². The summed E-state index contributed by atoms with van der Waals surface area (Å²) in [6.07, 6.45) is -3.63. The summed E-state index contributed by atoms with van der Waals surface area (Å²) in [5, 5.41) is 40.6. The van der Waals surface area contributed by atoms with Crippen LogP contribution in [0.4, 0.5) is 11.6 Å². The average molecular weight is 450 g/mol. The molecule has 4 unspecified atom stereocenters. The van der Waals surface area contributed by atoms with Gasteiger partial charge in [-0.2, -0.15) is 4.98 Å². The molecule has 4 rings (SSSR count). The number of aliphatic hydroxyl groups is 3. The number of hydrogen-bond donors (Lipinski definition) is 4. The molecule has 164 valence electrons. The topological polar surface area (TPSA) is 192 Å². The van der Waals surface area contributed by atoms with Gasteiger partial charge in [0.25, 0.3) is 11.2 Å². The maximum absolute atomic E-state index is 12.9. The molecule has 14 heteroatoms. The van der Waals surface area contributed by atoms with Crippen molar-refractivity contribution < 1.29 is 25.0 Å². The summed E-state index contributed by atoms with van der Waals surface area (Å²) in [5.74, 6) is -0.0983. The van der Waals surface area contributed by atoms with E-state index in [1.165, 1.54) is 17.0 Å². The molecule has 2 aromatic heterocycles. The number of nitrogens with two attached hydrogens (primary N) is 1. The van der Waals surface area contributed by atoms with Crippen molar-refractivity contribution >= 4 is 34.7 Å². The van der Waals surface area contributed by atoms with Gasteiger partial charge in [0.15, 0.2) is 17.4 Å². The molecule has 0 radical (unpaired) electrons. The zero-order valence-corrected chi connectivity index (χ0v) is 16.6. The first-order chi connectivity index (χ1) is 14.8. The quantitative estimate of drug-likeness (QED) is 0.277. The Hall–Kier alpha value is -3.04. The monoisotopic (exact) mass is 450 g/mol. The summed E-state index contributed by atoms with van der Waals surface area (Å²) in [5.41, 5.74) is 5.64. The summed E-state index contributed by atoms with van der Waals surface area (Å²) in [6, 6.07) is 6.14. The Balaban J connectivity index is 1.67. The lowest BCUT2D eigenvalue weighted by Gasteiger charge is -2.17. The van der Waals surface area contributed by atoms with Crippen molar-refractivity contribution in [2.45, 2.75) is 30.3 Å². The van der Waals surface area contributed by atoms with Crippen LogP contribution in [0.25, 0.3) is 11.2 Å². The molecule has 31 heavy (non-hydrogen) atoms. The highest BCUT2D eigenvalue weighted by molar-refractivity contribution is 7.97. The van der Waals surface area contributed by atoms with Gasteiger partial charge in [-0.25, -0.2) is 8.96 Å². The van der Waals surface area contributed by atoms with Crippen molar-refractivity contribution in [2.75, 3.05) is 12.3 Å². The maximum Gasteiger partial charge on any atom is 0.293 e. The number of ether oxygens (including phenoxy) is 1. The van der Waals surface area contributed by atoms with Gasteiger partial charge in [0, 0.05) is 17.4 Å². The standard InChI is InChI=1S/C17H18N6O7S/c18-17-20-14-11(19-7-21(14)16-13(26)12(25)10(5-24)30-16)15(27)22(17)31-6-8-3-1-2-4-9(8)23(28)29/h1-4,7,10,12-13,16,24-26H,5-6H2,(H2,18,20). The third kappa shape index (κ3) is 3.64. The van der Waals surface area contributed by atoms with E-state index in [9.17, 15) is 30.2 Å². The van der Waals surface area contributed by atoms with Gasteiger partial charge in [0.1, 0.15) is 18.3 Å². The lowest BCUT2D eigenvalue weighted by atomic mass is 10.1. The second kappa shape index (κ2) is 8.24. The van der Waals surface area contributed by atoms with E-state index in [1.54, 1.807) is 18.2 Å². The van der Waals surface area contributed by atoms with Crippen LogP contribution in [0.3, 0.4) is 0 Å². The highest BCUT2D eigenvalue weighted by atomic mass is 32.2. The Morgan fingerprint density at radius 3 is 2.71 bits per heavy atom. The first-order valence-electron chi connectivity index (χ1n) is 9.06. The smallest absolute Gasteiger partial charge is 0.293 e. The van der Waals surface area contributed by atoms with Gasteiger partial charge in [0.2, 0.25) is 5.95 Å². The minimum Gasteiger partial charge on any atom is -0.394 e. The second-order valence-corrected chi connectivity index (χ2v) is 7.69. The van der Waals surface area contributed by atoms with Crippen molar-refractivity contribution in [2.24, 2.45) is 0 Å². The van der Waals surface area contributed by atoms with Crippen LogP contribution in [0, 0.1) is 10.1 Å². The molecule has 3 heterocycles. The molecule has 3 aromatic rings. The van der Waals surface area contributed by atoms with Gasteiger partial charge < -0.3 is 25.8 Å². The minimum absolute atomic E-state index is 0.0277. The molecule has 0 spiro atoms. The van der Waals surface area contributed by atoms with Crippen LogP contribution in [0.5, 0.6) is 0 Å². The molecule has 1 aromatic carbocycles. The second-order valence-electron chi connectivity index (χ2n) is 6.78. The van der Waals surface area contributed by atoms with Crippen molar-refractivity contribution in [3.8, 4) is 0 Å². The Kier molecular flexibility index (Phi) is 5.63. The number of hydrogen-bond acceptors (Lipinski definition) is 11.